The second-order valence-corrected chi connectivity index (χ2v) is 14.7. The van der Waals surface area contributed by atoms with E-state index >= 15 is 0 Å². The van der Waals surface area contributed by atoms with Gasteiger partial charge in [-0.15, -0.1) is 0 Å². The predicted molar refractivity (Wildman–Crippen MR) is 189 cm³/mol. The first kappa shape index (κ1) is 38.3. The maximum absolute atomic E-state index is 12.9. The number of aliphatic carboxylic acids is 1. The first-order chi connectivity index (χ1) is 22.8. The van der Waals surface area contributed by atoms with Crippen LogP contribution in [0.3, 0.4) is 0 Å². The molecule has 11 nitrogen and oxygen atoms in total. The van der Waals surface area contributed by atoms with Crippen molar-refractivity contribution in [1.29, 1.82) is 0 Å². The highest BCUT2D eigenvalue weighted by molar-refractivity contribution is 7.89. The molecule has 1 aliphatic rings. The SMILES string of the molecule is CC(C)(C)c1ccc(-c2cccc(S(=O)(=O)N[C@@H](Cc3ccccc3)C(=O)O)c2)cc1.CNCCCC(=O)C1CCNCC1C(N)=NO. The number of nitrogens with zero attached hydrogens (tertiary/aromatic N) is 1. The molecule has 7 N–H and O–H groups in total. The van der Waals surface area contributed by atoms with Crippen molar-refractivity contribution in [3.05, 3.63) is 90.0 Å². The number of hydrogen-bond donors (Lipinski definition) is 6. The summed E-state index contributed by atoms with van der Waals surface area (Å²) in [6, 6.07) is 22.2. The molecule has 1 fully saturated rings. The Morgan fingerprint density at radius 2 is 1.69 bits per heavy atom. The van der Waals surface area contributed by atoms with E-state index in [2.05, 4.69) is 41.3 Å². The van der Waals surface area contributed by atoms with Crippen LogP contribution in [0.1, 0.15) is 51.2 Å². The number of rotatable bonds is 13. The van der Waals surface area contributed by atoms with Crippen LogP contribution >= 0.6 is 0 Å². The van der Waals surface area contributed by atoms with E-state index in [4.69, 9.17) is 10.9 Å². The third-order valence-electron chi connectivity index (χ3n) is 8.35. The zero-order valence-electron chi connectivity index (χ0n) is 28.1. The molecule has 0 aliphatic carbocycles. The number of benzene rings is 3. The van der Waals surface area contributed by atoms with Crippen molar-refractivity contribution in [2.75, 3.05) is 26.7 Å². The lowest BCUT2D eigenvalue weighted by molar-refractivity contribution is -0.139. The minimum absolute atomic E-state index is 0.0260. The van der Waals surface area contributed by atoms with Crippen molar-refractivity contribution in [2.45, 2.75) is 62.8 Å². The molecule has 0 spiro atoms. The fraction of sp³-hybridized carbons (Fsp3) is 0.417. The Balaban J connectivity index is 0.000000311. The van der Waals surface area contributed by atoms with Crippen molar-refractivity contribution >= 4 is 27.6 Å². The summed E-state index contributed by atoms with van der Waals surface area (Å²) in [6.07, 6.45) is 2.21. The van der Waals surface area contributed by atoms with Crippen LogP contribution in [-0.4, -0.2) is 69.0 Å². The normalized spacial score (nSPS) is 17.5. The highest BCUT2D eigenvalue weighted by atomic mass is 32.2. The molecule has 1 aliphatic heterocycles. The van der Waals surface area contributed by atoms with E-state index in [1.54, 1.807) is 36.4 Å². The number of piperidine rings is 1. The maximum Gasteiger partial charge on any atom is 0.322 e. The molecule has 260 valence electrons. The molecule has 4 rings (SSSR count). The molecule has 12 heteroatoms. The van der Waals surface area contributed by atoms with Crippen molar-refractivity contribution < 1.29 is 28.3 Å². The summed E-state index contributed by atoms with van der Waals surface area (Å²) in [5.41, 5.74) is 9.22. The third kappa shape index (κ3) is 11.3. The van der Waals surface area contributed by atoms with Crippen LogP contribution in [-0.2, 0) is 31.4 Å². The number of carbonyl (C=O) groups is 2. The molecule has 0 amide bonds. The van der Waals surface area contributed by atoms with E-state index in [1.165, 1.54) is 11.6 Å². The summed E-state index contributed by atoms with van der Waals surface area (Å²) in [5, 5.41) is 27.5. The van der Waals surface area contributed by atoms with Crippen LogP contribution in [0.5, 0.6) is 0 Å². The van der Waals surface area contributed by atoms with Gasteiger partial charge >= 0.3 is 5.97 Å². The summed E-state index contributed by atoms with van der Waals surface area (Å²) in [4.78, 5) is 23.8. The number of ketones is 1. The van der Waals surface area contributed by atoms with E-state index in [9.17, 15) is 23.1 Å². The van der Waals surface area contributed by atoms with Gasteiger partial charge in [-0.3, -0.25) is 9.59 Å². The van der Waals surface area contributed by atoms with Crippen molar-refractivity contribution in [3.63, 3.8) is 0 Å². The first-order valence-electron chi connectivity index (χ1n) is 16.1. The predicted octanol–water partition coefficient (Wildman–Crippen LogP) is 4.15. The van der Waals surface area contributed by atoms with Crippen LogP contribution in [0.2, 0.25) is 0 Å². The number of oxime groups is 1. The zero-order chi connectivity index (χ0) is 35.3. The quantitative estimate of drug-likeness (QED) is 0.0508. The van der Waals surface area contributed by atoms with E-state index in [0.29, 0.717) is 13.0 Å². The number of sulfonamides is 1. The first-order valence-corrected chi connectivity index (χ1v) is 17.6. The van der Waals surface area contributed by atoms with Crippen LogP contribution in [0.15, 0.2) is 88.9 Å². The number of carboxylic acid groups (broad SMARTS) is 1. The van der Waals surface area contributed by atoms with Gasteiger partial charge in [-0.2, -0.15) is 4.72 Å². The Kier molecular flexibility index (Phi) is 14.3. The molecule has 3 aromatic carbocycles. The van der Waals surface area contributed by atoms with Gasteiger partial charge in [0.1, 0.15) is 17.7 Å². The second-order valence-electron chi connectivity index (χ2n) is 13.0. The standard InChI is InChI=1S/C25H27NO4S.C11H22N4O2/c1-25(2,3)21-14-12-19(13-15-21)20-10-7-11-22(17-20)31(29,30)26-23(24(27)28)16-18-8-5-4-6-9-18;1-13-5-2-3-10(16)8-4-6-14-7-9(8)11(12)15-17/h4-15,17,23,26H,16H2,1-3H3,(H,27,28);8-9,13-14,17H,2-7H2,1H3,(H2,12,15)/t23-;/m0./s1. The molecular formula is C36H49N5O6S. The summed E-state index contributed by atoms with van der Waals surface area (Å²) < 4.78 is 28.2. The topological polar surface area (TPSA) is 183 Å². The molecule has 48 heavy (non-hydrogen) atoms. The molecular weight excluding hydrogens is 630 g/mol. The lowest BCUT2D eigenvalue weighted by Gasteiger charge is -2.30. The number of carboxylic acids is 1. The lowest BCUT2D eigenvalue weighted by Crippen LogP contribution is -2.46. The van der Waals surface area contributed by atoms with Gasteiger partial charge in [-0.1, -0.05) is 92.7 Å². The van der Waals surface area contributed by atoms with Crippen LogP contribution < -0.4 is 21.1 Å². The zero-order valence-corrected chi connectivity index (χ0v) is 29.0. The number of amidine groups is 1. The largest absolute Gasteiger partial charge is 0.480 e. The summed E-state index contributed by atoms with van der Waals surface area (Å²) >= 11 is 0. The van der Waals surface area contributed by atoms with E-state index in [0.717, 1.165) is 42.6 Å². The van der Waals surface area contributed by atoms with Gasteiger partial charge in [0.2, 0.25) is 10.0 Å². The Bertz CT molecular complexity index is 1620. The van der Waals surface area contributed by atoms with Crippen LogP contribution in [0.4, 0.5) is 0 Å². The fourth-order valence-corrected chi connectivity index (χ4v) is 6.78. The van der Waals surface area contributed by atoms with E-state index in [1.807, 2.05) is 43.4 Å². The van der Waals surface area contributed by atoms with Crippen molar-refractivity contribution in [3.8, 4) is 11.1 Å². The van der Waals surface area contributed by atoms with Gasteiger partial charge in [0.05, 0.1) is 4.90 Å². The fourth-order valence-electron chi connectivity index (χ4n) is 5.54. The molecule has 2 unspecified atom stereocenters. The number of nitrogens with one attached hydrogen (secondary N) is 3. The summed E-state index contributed by atoms with van der Waals surface area (Å²) in [6.45, 7) is 8.67. The Labute approximate surface area is 284 Å². The van der Waals surface area contributed by atoms with Crippen molar-refractivity contribution in [2.24, 2.45) is 22.7 Å². The minimum Gasteiger partial charge on any atom is -0.480 e. The second kappa shape index (κ2) is 17.9. The molecule has 0 bridgehead atoms. The maximum atomic E-state index is 12.9. The third-order valence-corrected chi connectivity index (χ3v) is 9.82. The highest BCUT2D eigenvalue weighted by Gasteiger charge is 2.33. The number of nitrogens with two attached hydrogens (primary N) is 1. The van der Waals surface area contributed by atoms with E-state index < -0.39 is 22.0 Å². The molecule has 3 atom stereocenters. The number of Topliss-reactive ketones (excluding diaryl/α,β-unsaturated/α-hetero) is 1. The lowest BCUT2D eigenvalue weighted by atomic mass is 9.81. The molecule has 1 saturated heterocycles. The van der Waals surface area contributed by atoms with Gasteiger partial charge in [-0.25, -0.2) is 8.42 Å². The molecule has 0 saturated carbocycles. The highest BCUT2D eigenvalue weighted by Crippen LogP contribution is 2.28. The van der Waals surface area contributed by atoms with Crippen molar-refractivity contribution in [1.82, 2.24) is 15.4 Å². The molecule has 1 heterocycles. The van der Waals surface area contributed by atoms with Crippen LogP contribution in [0.25, 0.3) is 11.1 Å². The Morgan fingerprint density at radius 1 is 1.00 bits per heavy atom. The van der Waals surface area contributed by atoms with Gasteiger partial charge in [0.15, 0.2) is 0 Å². The minimum atomic E-state index is -4.02. The Morgan fingerprint density at radius 3 is 2.29 bits per heavy atom. The van der Waals surface area contributed by atoms with E-state index in [-0.39, 0.29) is 40.2 Å². The number of carbonyl (C=O) groups excluding carboxylic acids is 1. The molecule has 3 aromatic rings. The van der Waals surface area contributed by atoms with Crippen LogP contribution in [0, 0.1) is 11.8 Å². The molecule has 0 aromatic heterocycles. The smallest absolute Gasteiger partial charge is 0.322 e. The summed E-state index contributed by atoms with van der Waals surface area (Å²) in [5.74, 6) is -1.12. The van der Waals surface area contributed by atoms with Gasteiger partial charge in [0, 0.05) is 24.8 Å². The average Bonchev–Trinajstić information content (AvgIpc) is 3.08. The van der Waals surface area contributed by atoms with Gasteiger partial charge < -0.3 is 26.7 Å². The van der Waals surface area contributed by atoms with Gasteiger partial charge in [-0.05, 0) is 79.2 Å². The molecule has 0 radical (unpaired) electrons. The average molecular weight is 680 g/mol. The Hall–Kier alpha value is -4.10. The van der Waals surface area contributed by atoms with Gasteiger partial charge in [0.25, 0.3) is 0 Å². The number of hydrogen-bond acceptors (Lipinski definition) is 8. The monoisotopic (exact) mass is 679 g/mol. The summed E-state index contributed by atoms with van der Waals surface area (Å²) in [7, 11) is -2.15.